The number of halogens is 2. The summed E-state index contributed by atoms with van der Waals surface area (Å²) < 4.78 is 17.4. The van der Waals surface area contributed by atoms with Crippen molar-refractivity contribution in [3.05, 3.63) is 0 Å². The first-order chi connectivity index (χ1) is 6.47. The van der Waals surface area contributed by atoms with E-state index in [1.807, 2.05) is 39.3 Å². The zero-order valence-corrected chi connectivity index (χ0v) is 16.1. The largest absolute Gasteiger partial charge is 0.429 e. The van der Waals surface area contributed by atoms with E-state index >= 15 is 0 Å². The van der Waals surface area contributed by atoms with E-state index < -0.39 is 33.8 Å². The maximum Gasteiger partial charge on any atom is 0.313 e. The van der Waals surface area contributed by atoms with Crippen LogP contribution in [0, 0.1) is 0 Å². The summed E-state index contributed by atoms with van der Waals surface area (Å²) >= 11 is 11.8. The summed E-state index contributed by atoms with van der Waals surface area (Å²) in [7, 11) is -7.30. The highest BCUT2D eigenvalue weighted by Crippen LogP contribution is 2.22. The van der Waals surface area contributed by atoms with Crippen molar-refractivity contribution in [3.8, 4) is 0 Å². The lowest BCUT2D eigenvalue weighted by molar-refractivity contribution is 0.343. The van der Waals surface area contributed by atoms with Gasteiger partial charge >= 0.3 is 17.1 Å². The monoisotopic (exact) mass is 322 g/mol. The van der Waals surface area contributed by atoms with E-state index in [-0.39, 0.29) is 0 Å². The van der Waals surface area contributed by atoms with Crippen molar-refractivity contribution in [1.82, 2.24) is 0 Å². The van der Waals surface area contributed by atoms with E-state index in [1.54, 1.807) is 0 Å². The molecule has 0 saturated carbocycles. The normalized spacial score (nSPS) is 15.2. The van der Waals surface area contributed by atoms with E-state index in [0.29, 0.717) is 0 Å². The summed E-state index contributed by atoms with van der Waals surface area (Å²) in [5.74, 6) is 0. The topological polar surface area (TPSA) is 27.7 Å². The fourth-order valence-corrected chi connectivity index (χ4v) is 17.2. The molecule has 0 rings (SSSR count). The predicted molar refractivity (Wildman–Crippen MR) is 76.0 cm³/mol. The minimum atomic E-state index is -2.18. The molecule has 15 heavy (non-hydrogen) atoms. The zero-order valence-electron chi connectivity index (χ0n) is 10.2. The average Bonchev–Trinajstić information content (AvgIpc) is 1.74. The summed E-state index contributed by atoms with van der Waals surface area (Å²) in [5.41, 5.74) is 0. The second-order valence-electron chi connectivity index (χ2n) is 4.62. The molecule has 0 saturated heterocycles. The van der Waals surface area contributed by atoms with E-state index in [4.69, 9.17) is 34.5 Å². The Balaban J connectivity index is 4.36. The highest BCUT2D eigenvalue weighted by atomic mass is 35.6. The molecule has 0 radical (unpaired) electrons. The van der Waals surface area contributed by atoms with Gasteiger partial charge in [0.15, 0.2) is 0 Å². The molecule has 0 aliphatic carbocycles. The third-order valence-corrected chi connectivity index (χ3v) is 14.1. The second-order valence-corrected chi connectivity index (χ2v) is 19.3. The van der Waals surface area contributed by atoms with Crippen LogP contribution in [0.3, 0.4) is 0 Å². The van der Waals surface area contributed by atoms with Crippen LogP contribution in [0.1, 0.15) is 0 Å². The molecule has 0 unspecified atom stereocenters. The molecule has 0 aliphatic heterocycles. The molecule has 0 spiro atoms. The van der Waals surface area contributed by atoms with Crippen molar-refractivity contribution in [2.24, 2.45) is 0 Å². The lowest BCUT2D eigenvalue weighted by atomic mass is 11.9. The third kappa shape index (κ3) is 9.07. The number of hydrogen-bond acceptors (Lipinski definition) is 3. The molecule has 0 amide bonds. The molecule has 0 aromatic carbocycles. The molecular weight excluding hydrogens is 303 g/mol. The van der Waals surface area contributed by atoms with Gasteiger partial charge in [-0.05, 0) is 39.3 Å². The Morgan fingerprint density at radius 1 is 0.867 bits per heavy atom. The van der Waals surface area contributed by atoms with Gasteiger partial charge in [0.25, 0.3) is 7.63 Å². The van der Waals surface area contributed by atoms with Crippen LogP contribution in [-0.4, -0.2) is 33.8 Å². The Bertz CT molecular complexity index is 207. The number of rotatable bonds is 6. The van der Waals surface area contributed by atoms with Crippen molar-refractivity contribution in [2.45, 2.75) is 39.3 Å². The lowest BCUT2D eigenvalue weighted by Gasteiger charge is -2.35. The van der Waals surface area contributed by atoms with E-state index in [2.05, 4.69) is 0 Å². The van der Waals surface area contributed by atoms with Crippen molar-refractivity contribution in [3.63, 3.8) is 0 Å². The van der Waals surface area contributed by atoms with E-state index in [0.717, 1.165) is 0 Å². The van der Waals surface area contributed by atoms with Gasteiger partial charge in [0.05, 0.1) is 0 Å². The quantitative estimate of drug-likeness (QED) is 0.555. The minimum absolute atomic E-state index is 0.947. The Labute approximate surface area is 107 Å². The van der Waals surface area contributed by atoms with Crippen LogP contribution in [-0.2, 0) is 12.3 Å². The summed E-state index contributed by atoms with van der Waals surface area (Å²) in [6, 6.07) is 0. The number of hydrogen-bond donors (Lipinski definition) is 0. The van der Waals surface area contributed by atoms with Crippen LogP contribution in [0.15, 0.2) is 0 Å². The molecule has 0 fully saturated rings. The highest BCUT2D eigenvalue weighted by molar-refractivity contribution is 7.17. The maximum absolute atomic E-state index is 6.15. The highest BCUT2D eigenvalue weighted by Gasteiger charge is 2.39. The molecule has 0 N–H and O–H groups in total. The molecule has 0 aromatic heterocycles. The Morgan fingerprint density at radius 2 is 1.33 bits per heavy atom. The van der Waals surface area contributed by atoms with Crippen LogP contribution in [0.4, 0.5) is 0 Å². The molecule has 0 aliphatic rings. The molecular formula is C6H20Cl2O3Si4. The van der Waals surface area contributed by atoms with Gasteiger partial charge in [-0.2, -0.15) is 0 Å². The van der Waals surface area contributed by atoms with Crippen LogP contribution < -0.4 is 0 Å². The molecule has 0 heterocycles. The fraction of sp³-hybridized carbons (Fsp3) is 1.00. The first-order valence-corrected chi connectivity index (χ1v) is 17.0. The van der Waals surface area contributed by atoms with Crippen LogP contribution in [0.25, 0.3) is 0 Å². The molecule has 0 aromatic rings. The second kappa shape index (κ2) is 5.78. The van der Waals surface area contributed by atoms with Crippen molar-refractivity contribution in [2.75, 3.05) is 0 Å². The van der Waals surface area contributed by atoms with Crippen molar-refractivity contribution < 1.29 is 12.3 Å². The van der Waals surface area contributed by atoms with Gasteiger partial charge in [-0.1, -0.05) is 0 Å². The molecule has 92 valence electrons. The summed E-state index contributed by atoms with van der Waals surface area (Å²) in [5, 5.41) is 0. The van der Waals surface area contributed by atoms with Crippen LogP contribution in [0.2, 0.25) is 39.3 Å². The summed E-state index contributed by atoms with van der Waals surface area (Å²) in [6.45, 7) is 11.9. The van der Waals surface area contributed by atoms with Crippen LogP contribution in [0.5, 0.6) is 0 Å². The van der Waals surface area contributed by atoms with Gasteiger partial charge in [-0.25, -0.2) is 0 Å². The minimum Gasteiger partial charge on any atom is -0.429 e. The molecule has 0 atom stereocenters. The Hall–Kier alpha value is 1.33. The first kappa shape index (κ1) is 16.3. The summed E-state index contributed by atoms with van der Waals surface area (Å²) in [4.78, 5) is 0. The van der Waals surface area contributed by atoms with Gasteiger partial charge < -0.3 is 12.3 Å². The smallest absolute Gasteiger partial charge is 0.313 e. The molecule has 0 bridgehead atoms. The van der Waals surface area contributed by atoms with Crippen molar-refractivity contribution in [1.29, 1.82) is 0 Å². The van der Waals surface area contributed by atoms with Gasteiger partial charge in [0, 0.05) is 0 Å². The average molecular weight is 323 g/mol. The van der Waals surface area contributed by atoms with E-state index in [1.165, 1.54) is 0 Å². The van der Waals surface area contributed by atoms with Gasteiger partial charge in [0.1, 0.15) is 0 Å². The predicted octanol–water partition coefficient (Wildman–Crippen LogP) is 2.62. The van der Waals surface area contributed by atoms with Crippen LogP contribution >= 0.6 is 22.2 Å². The Morgan fingerprint density at radius 3 is 1.67 bits per heavy atom. The fourth-order valence-electron chi connectivity index (χ4n) is 1.36. The standard InChI is InChI=1S/C6H20Cl2O3Si4/c1-13(2,8)10-15(5,6)11-14(3,4)9-12-7/h12H2,1-6H3. The van der Waals surface area contributed by atoms with E-state index in [9.17, 15) is 0 Å². The SMILES string of the molecule is C[Si](C)(Cl)O[Si](C)(C)O[Si](C)(C)O[SiH2]Cl. The third-order valence-electron chi connectivity index (χ3n) is 1.38. The van der Waals surface area contributed by atoms with Gasteiger partial charge in [-0.15, -0.1) is 22.2 Å². The molecule has 9 heteroatoms. The zero-order chi connectivity index (χ0) is 12.3. The Kier molecular flexibility index (Phi) is 6.29. The van der Waals surface area contributed by atoms with Gasteiger partial charge in [0.2, 0.25) is 9.07 Å². The van der Waals surface area contributed by atoms with Gasteiger partial charge in [-0.3, -0.25) is 0 Å². The maximum atomic E-state index is 6.15. The first-order valence-electron chi connectivity index (χ1n) is 4.77. The lowest BCUT2D eigenvalue weighted by Crippen LogP contribution is -2.52. The molecule has 3 nitrogen and oxygen atoms in total. The van der Waals surface area contributed by atoms with Crippen molar-refractivity contribution >= 4 is 56.0 Å². The summed E-state index contributed by atoms with van der Waals surface area (Å²) in [6.07, 6.45) is 0.